The van der Waals surface area contributed by atoms with Gasteiger partial charge in [-0.1, -0.05) is 121 Å². The van der Waals surface area contributed by atoms with Crippen molar-refractivity contribution in [2.24, 2.45) is 0 Å². The molecular formula is C51H39N3O2. The molecule has 6 aromatic carbocycles. The normalized spacial score (nSPS) is 15.0. The van der Waals surface area contributed by atoms with Crippen LogP contribution in [0.1, 0.15) is 57.2 Å². The maximum Gasteiger partial charge on any atom is 0.135 e. The maximum absolute atomic E-state index is 9.63. The zero-order chi connectivity index (χ0) is 37.4. The Hall–Kier alpha value is -7.11. The lowest BCUT2D eigenvalue weighted by molar-refractivity contribution is 0.548. The van der Waals surface area contributed by atoms with E-state index in [1.807, 2.05) is 54.6 Å². The lowest BCUT2D eigenvalue weighted by atomic mass is 9.83. The van der Waals surface area contributed by atoms with Crippen molar-refractivity contribution in [3.8, 4) is 11.1 Å². The molecule has 1 atom stereocenters. The summed E-state index contributed by atoms with van der Waals surface area (Å²) in [6.07, 6.45) is 11.1. The van der Waals surface area contributed by atoms with E-state index in [2.05, 4.69) is 132 Å². The number of rotatable bonds is 9. The summed E-state index contributed by atoms with van der Waals surface area (Å²) < 4.78 is 12.5. The summed E-state index contributed by atoms with van der Waals surface area (Å²) in [5.74, 6) is 2.10. The topological polar surface area (TPSA) is 74.2 Å². The molecule has 10 rings (SSSR count). The van der Waals surface area contributed by atoms with Crippen molar-refractivity contribution in [2.45, 2.75) is 25.2 Å². The molecule has 5 heteroatoms. The van der Waals surface area contributed by atoms with Crippen molar-refractivity contribution in [2.75, 3.05) is 5.43 Å². The second kappa shape index (κ2) is 14.3. The molecule has 2 aliphatic carbocycles. The van der Waals surface area contributed by atoms with Crippen LogP contribution in [0.3, 0.4) is 0 Å². The minimum atomic E-state index is 0.126. The number of para-hydroxylation sites is 2. The molecule has 0 saturated heterocycles. The molecule has 270 valence electrons. The summed E-state index contributed by atoms with van der Waals surface area (Å²) >= 11 is 0. The van der Waals surface area contributed by atoms with E-state index in [4.69, 9.17) is 8.83 Å². The monoisotopic (exact) mass is 725 g/mol. The van der Waals surface area contributed by atoms with Crippen molar-refractivity contribution >= 4 is 56.8 Å². The lowest BCUT2D eigenvalue weighted by Gasteiger charge is -2.21. The molecule has 2 aliphatic rings. The molecule has 0 saturated carbocycles. The molecule has 0 amide bonds. The van der Waals surface area contributed by atoms with Gasteiger partial charge in [0.1, 0.15) is 22.7 Å². The van der Waals surface area contributed by atoms with Gasteiger partial charge in [0.05, 0.1) is 17.1 Å². The van der Waals surface area contributed by atoms with E-state index in [0.29, 0.717) is 5.71 Å². The number of hydrazine groups is 1. The summed E-state index contributed by atoms with van der Waals surface area (Å²) in [5, 5.41) is 11.9. The van der Waals surface area contributed by atoms with Crippen LogP contribution in [0, 0.1) is 5.41 Å². The standard InChI is InChI=1S/C51H39N3O2/c52-46(32-47(35-13-5-2-6-14-35)54-53-41-23-19-34(20-24-41)33-11-3-1-4-12-33)40-28-38(36-21-25-50-44(30-36)42-15-7-9-17-48(42)55-50)27-39(29-40)37-22-26-51-45(31-37)43-16-8-10-18-49(43)56-51/h1-21,23-25,27-29,31-32,36,52-54H,22,26,30H2/b47-32-,52-46?. The van der Waals surface area contributed by atoms with Crippen molar-refractivity contribution in [3.05, 3.63) is 209 Å². The van der Waals surface area contributed by atoms with Crippen LogP contribution in [0.25, 0.3) is 56.5 Å². The van der Waals surface area contributed by atoms with Crippen molar-refractivity contribution in [1.82, 2.24) is 5.43 Å². The fraction of sp³-hybridized carbons (Fsp3) is 0.0784. The second-order valence-corrected chi connectivity index (χ2v) is 14.6. The van der Waals surface area contributed by atoms with E-state index in [0.717, 1.165) is 86.5 Å². The Balaban J connectivity index is 1.02. The van der Waals surface area contributed by atoms with Crippen LogP contribution in [-0.4, -0.2) is 5.71 Å². The lowest BCUT2D eigenvalue weighted by Crippen LogP contribution is -2.21. The average Bonchev–Trinajstić information content (AvgIpc) is 3.83. The largest absolute Gasteiger partial charge is 0.460 e. The zero-order valence-corrected chi connectivity index (χ0v) is 30.8. The van der Waals surface area contributed by atoms with Crippen LogP contribution >= 0.6 is 0 Å². The third-order valence-electron chi connectivity index (χ3n) is 11.1. The number of hydrogen-bond acceptors (Lipinski definition) is 5. The van der Waals surface area contributed by atoms with Gasteiger partial charge in [0.25, 0.3) is 0 Å². The maximum atomic E-state index is 9.63. The van der Waals surface area contributed by atoms with E-state index in [1.165, 1.54) is 27.6 Å². The van der Waals surface area contributed by atoms with Crippen molar-refractivity contribution < 1.29 is 8.83 Å². The molecule has 5 nitrogen and oxygen atoms in total. The molecule has 3 N–H and O–H groups in total. The van der Waals surface area contributed by atoms with Crippen molar-refractivity contribution in [3.63, 3.8) is 0 Å². The van der Waals surface area contributed by atoms with Gasteiger partial charge in [0, 0.05) is 39.8 Å². The van der Waals surface area contributed by atoms with Crippen molar-refractivity contribution in [1.29, 1.82) is 5.41 Å². The fourth-order valence-corrected chi connectivity index (χ4v) is 8.13. The smallest absolute Gasteiger partial charge is 0.135 e. The molecule has 1 unspecified atom stereocenters. The summed E-state index contributed by atoms with van der Waals surface area (Å²) in [5.41, 5.74) is 21.0. The highest BCUT2D eigenvalue weighted by Gasteiger charge is 2.24. The first-order valence-electron chi connectivity index (χ1n) is 19.2. The minimum absolute atomic E-state index is 0.126. The van der Waals surface area contributed by atoms with Crippen LogP contribution in [0.5, 0.6) is 0 Å². The number of fused-ring (bicyclic) bond motifs is 6. The molecule has 56 heavy (non-hydrogen) atoms. The summed E-state index contributed by atoms with van der Waals surface area (Å²) in [6.45, 7) is 0. The molecule has 0 spiro atoms. The number of allylic oxidation sites excluding steroid dienone is 3. The van der Waals surface area contributed by atoms with Crippen LogP contribution in [0.15, 0.2) is 173 Å². The van der Waals surface area contributed by atoms with E-state index < -0.39 is 0 Å². The van der Waals surface area contributed by atoms with Gasteiger partial charge in [-0.05, 0) is 101 Å². The number of anilines is 1. The number of furan rings is 2. The number of benzene rings is 6. The Labute approximate surface area is 325 Å². The third kappa shape index (κ3) is 6.43. The van der Waals surface area contributed by atoms with E-state index >= 15 is 0 Å². The van der Waals surface area contributed by atoms with Gasteiger partial charge in [-0.3, -0.25) is 0 Å². The Morgan fingerprint density at radius 3 is 2.14 bits per heavy atom. The Morgan fingerprint density at radius 1 is 0.643 bits per heavy atom. The first kappa shape index (κ1) is 33.5. The average molecular weight is 726 g/mol. The first-order valence-corrected chi connectivity index (χ1v) is 19.2. The van der Waals surface area contributed by atoms with Gasteiger partial charge in [-0.25, -0.2) is 0 Å². The van der Waals surface area contributed by atoms with Crippen LogP contribution < -0.4 is 10.9 Å². The Morgan fingerprint density at radius 2 is 1.34 bits per heavy atom. The minimum Gasteiger partial charge on any atom is -0.460 e. The zero-order valence-electron chi connectivity index (χ0n) is 30.8. The fourth-order valence-electron chi connectivity index (χ4n) is 8.13. The Kier molecular flexibility index (Phi) is 8.53. The molecular weight excluding hydrogens is 687 g/mol. The SMILES string of the molecule is N=C(/C=C(\NNc1ccc(-c2ccccc2)cc1)c1ccccc1)c1cc(C2=Cc3c(oc4ccccc34)CC2)cc(C2C=Cc3oc4ccccc4c3C2)c1. The molecule has 8 aromatic rings. The number of nitrogens with one attached hydrogen (secondary N) is 3. The first-order chi connectivity index (χ1) is 27.6. The summed E-state index contributed by atoms with van der Waals surface area (Å²) in [4.78, 5) is 0. The van der Waals surface area contributed by atoms with Gasteiger partial charge >= 0.3 is 0 Å². The van der Waals surface area contributed by atoms with Crippen LogP contribution in [-0.2, 0) is 12.8 Å². The summed E-state index contributed by atoms with van der Waals surface area (Å²) in [7, 11) is 0. The summed E-state index contributed by atoms with van der Waals surface area (Å²) in [6, 6.07) is 52.2. The van der Waals surface area contributed by atoms with E-state index in [1.54, 1.807) is 0 Å². The van der Waals surface area contributed by atoms with Crippen LogP contribution in [0.4, 0.5) is 5.69 Å². The molecule has 2 aromatic heterocycles. The number of hydrogen-bond donors (Lipinski definition) is 3. The highest BCUT2D eigenvalue weighted by Crippen LogP contribution is 2.40. The van der Waals surface area contributed by atoms with Gasteiger partial charge in [0.15, 0.2) is 0 Å². The van der Waals surface area contributed by atoms with Gasteiger partial charge in [0.2, 0.25) is 0 Å². The van der Waals surface area contributed by atoms with Crippen LogP contribution in [0.2, 0.25) is 0 Å². The van der Waals surface area contributed by atoms with Gasteiger partial charge in [-0.15, -0.1) is 0 Å². The highest BCUT2D eigenvalue weighted by atomic mass is 16.3. The third-order valence-corrected chi connectivity index (χ3v) is 11.1. The predicted octanol–water partition coefficient (Wildman–Crippen LogP) is 12.7. The molecule has 0 bridgehead atoms. The molecule has 0 fully saturated rings. The van der Waals surface area contributed by atoms with Gasteiger partial charge in [-0.2, -0.15) is 0 Å². The molecule has 2 heterocycles. The second-order valence-electron chi connectivity index (χ2n) is 14.6. The highest BCUT2D eigenvalue weighted by molar-refractivity contribution is 6.11. The predicted molar refractivity (Wildman–Crippen MR) is 230 cm³/mol. The Bertz CT molecular complexity index is 2840. The van der Waals surface area contributed by atoms with Gasteiger partial charge < -0.3 is 25.1 Å². The quantitative estimate of drug-likeness (QED) is 0.102. The van der Waals surface area contributed by atoms with E-state index in [-0.39, 0.29) is 5.92 Å². The number of aryl methyl sites for hydroxylation is 1. The molecule has 0 aliphatic heterocycles. The van der Waals surface area contributed by atoms with E-state index in [9.17, 15) is 5.41 Å². The molecule has 0 radical (unpaired) electrons.